The molecule has 0 aromatic carbocycles. The second kappa shape index (κ2) is 12.5. The van der Waals surface area contributed by atoms with Crippen molar-refractivity contribution >= 4 is 11.8 Å². The van der Waals surface area contributed by atoms with Crippen molar-refractivity contribution in [3.63, 3.8) is 0 Å². The smallest absolute Gasteiger partial charge is 0.256 e. The standard InChI is InChI=1S/C29H49NO6/c1-18(2)23-11-9-20(5)15-25(23)33-35-29(8,13-14-30-27(31)17-22(7)28(30)32)36-34-26-16-21(6)10-12-24(26)19(3)4/h17-21,23-26H,9-16H2,1-8H3. The Labute approximate surface area is 218 Å². The molecule has 0 spiro atoms. The predicted octanol–water partition coefficient (Wildman–Crippen LogP) is 6.23. The van der Waals surface area contributed by atoms with Gasteiger partial charge in [0, 0.05) is 24.6 Å². The van der Waals surface area contributed by atoms with Crippen molar-refractivity contribution in [1.29, 1.82) is 0 Å². The van der Waals surface area contributed by atoms with Gasteiger partial charge in [-0.3, -0.25) is 14.5 Å². The molecular formula is C29H49NO6. The van der Waals surface area contributed by atoms with Crippen LogP contribution in [-0.4, -0.2) is 41.3 Å². The van der Waals surface area contributed by atoms with E-state index in [9.17, 15) is 9.59 Å². The fraction of sp³-hybridized carbons (Fsp3) is 0.862. The van der Waals surface area contributed by atoms with Gasteiger partial charge in [-0.05, 0) is 75.0 Å². The minimum Gasteiger partial charge on any atom is -0.275 e. The first-order valence-corrected chi connectivity index (χ1v) is 14.1. The lowest BCUT2D eigenvalue weighted by atomic mass is 9.75. The summed E-state index contributed by atoms with van der Waals surface area (Å²) >= 11 is 0. The first-order valence-electron chi connectivity index (χ1n) is 14.1. The third kappa shape index (κ3) is 7.40. The molecular weight excluding hydrogens is 458 g/mol. The van der Waals surface area contributed by atoms with Crippen LogP contribution in [0.25, 0.3) is 0 Å². The summed E-state index contributed by atoms with van der Waals surface area (Å²) in [6, 6.07) is 0. The summed E-state index contributed by atoms with van der Waals surface area (Å²) in [5.74, 6) is 1.09. The highest BCUT2D eigenvalue weighted by molar-refractivity contribution is 6.15. The Kier molecular flexibility index (Phi) is 10.2. The van der Waals surface area contributed by atoms with Crippen LogP contribution in [-0.2, 0) is 29.1 Å². The zero-order valence-electron chi connectivity index (χ0n) is 23.7. The average Bonchev–Trinajstić information content (AvgIpc) is 3.05. The summed E-state index contributed by atoms with van der Waals surface area (Å²) in [5, 5.41) is 0. The van der Waals surface area contributed by atoms with Gasteiger partial charge in [-0.25, -0.2) is 9.78 Å². The van der Waals surface area contributed by atoms with E-state index in [1.807, 2.05) is 0 Å². The minimum absolute atomic E-state index is 0.0336. The molecule has 0 saturated heterocycles. The van der Waals surface area contributed by atoms with Crippen molar-refractivity contribution in [2.24, 2.45) is 35.5 Å². The summed E-state index contributed by atoms with van der Waals surface area (Å²) in [7, 11) is 0. The summed E-state index contributed by atoms with van der Waals surface area (Å²) < 4.78 is 0. The molecule has 0 aromatic rings. The van der Waals surface area contributed by atoms with Crippen LogP contribution in [0.5, 0.6) is 0 Å². The lowest BCUT2D eigenvalue weighted by Gasteiger charge is -2.40. The number of hydrogen-bond donors (Lipinski definition) is 0. The van der Waals surface area contributed by atoms with Gasteiger partial charge in [0.05, 0.1) is 12.2 Å². The molecule has 2 amide bonds. The molecule has 0 bridgehead atoms. The molecule has 2 fully saturated rings. The maximum atomic E-state index is 12.4. The minimum atomic E-state index is -1.26. The molecule has 2 saturated carbocycles. The quantitative estimate of drug-likeness (QED) is 0.143. The molecule has 0 aromatic heterocycles. The second-order valence-electron chi connectivity index (χ2n) is 12.6. The lowest BCUT2D eigenvalue weighted by molar-refractivity contribution is -0.530. The molecule has 36 heavy (non-hydrogen) atoms. The van der Waals surface area contributed by atoms with E-state index in [0.29, 0.717) is 41.1 Å². The highest BCUT2D eigenvalue weighted by Crippen LogP contribution is 2.38. The normalized spacial score (nSPS) is 33.4. The van der Waals surface area contributed by atoms with Gasteiger partial charge < -0.3 is 0 Å². The Bertz CT molecular complexity index is 757. The van der Waals surface area contributed by atoms with Crippen LogP contribution in [0.4, 0.5) is 0 Å². The van der Waals surface area contributed by atoms with E-state index in [0.717, 1.165) is 25.7 Å². The van der Waals surface area contributed by atoms with Crippen LogP contribution in [0.15, 0.2) is 11.6 Å². The Balaban J connectivity index is 1.70. The third-order valence-corrected chi connectivity index (χ3v) is 8.60. The topological polar surface area (TPSA) is 74.3 Å². The Hall–Kier alpha value is -1.28. The molecule has 0 N–H and O–H groups in total. The van der Waals surface area contributed by atoms with Gasteiger partial charge in [0.1, 0.15) is 0 Å². The number of amides is 2. The molecule has 1 aliphatic heterocycles. The zero-order valence-corrected chi connectivity index (χ0v) is 23.7. The van der Waals surface area contributed by atoms with Gasteiger partial charge in [0.15, 0.2) is 0 Å². The molecule has 7 nitrogen and oxygen atoms in total. The van der Waals surface area contributed by atoms with Crippen LogP contribution >= 0.6 is 0 Å². The van der Waals surface area contributed by atoms with Crippen LogP contribution in [0.3, 0.4) is 0 Å². The SMILES string of the molecule is CC1=CC(=O)N(CCC(C)(OOC2CC(C)CCC2C(C)C)OOC2CC(C)CCC2C(C)C)C1=O. The Morgan fingerprint density at radius 2 is 1.36 bits per heavy atom. The molecule has 2 aliphatic carbocycles. The summed E-state index contributed by atoms with van der Waals surface area (Å²) in [6.45, 7) is 17.0. The number of carbonyl (C=O) groups excluding carboxylic acids is 2. The van der Waals surface area contributed by atoms with Crippen molar-refractivity contribution in [1.82, 2.24) is 4.90 Å². The van der Waals surface area contributed by atoms with Gasteiger partial charge in [-0.1, -0.05) is 54.4 Å². The fourth-order valence-corrected chi connectivity index (χ4v) is 6.04. The number of nitrogens with zero attached hydrogens (tertiary/aromatic N) is 1. The van der Waals surface area contributed by atoms with Crippen LogP contribution in [0, 0.1) is 35.5 Å². The van der Waals surface area contributed by atoms with Crippen molar-refractivity contribution in [3.8, 4) is 0 Å². The Morgan fingerprint density at radius 3 is 1.75 bits per heavy atom. The Morgan fingerprint density at radius 1 is 0.889 bits per heavy atom. The monoisotopic (exact) mass is 507 g/mol. The predicted molar refractivity (Wildman–Crippen MR) is 138 cm³/mol. The van der Waals surface area contributed by atoms with Crippen LogP contribution in [0.1, 0.15) is 100 Å². The van der Waals surface area contributed by atoms with E-state index in [1.54, 1.807) is 13.8 Å². The van der Waals surface area contributed by atoms with Gasteiger partial charge in [-0.2, -0.15) is 9.78 Å². The van der Waals surface area contributed by atoms with E-state index in [4.69, 9.17) is 19.6 Å². The molecule has 206 valence electrons. The molecule has 3 rings (SSSR count). The number of rotatable bonds is 11. The van der Waals surface area contributed by atoms with Crippen molar-refractivity contribution in [2.45, 2.75) is 118 Å². The van der Waals surface area contributed by atoms with E-state index in [2.05, 4.69) is 41.5 Å². The van der Waals surface area contributed by atoms with E-state index < -0.39 is 5.79 Å². The molecule has 1 heterocycles. The highest BCUT2D eigenvalue weighted by atomic mass is 17.3. The maximum absolute atomic E-state index is 12.4. The van der Waals surface area contributed by atoms with Crippen molar-refractivity contribution in [2.75, 3.05) is 6.54 Å². The van der Waals surface area contributed by atoms with E-state index in [-0.39, 0.29) is 37.0 Å². The van der Waals surface area contributed by atoms with Crippen LogP contribution in [0.2, 0.25) is 0 Å². The maximum Gasteiger partial charge on any atom is 0.256 e. The fourth-order valence-electron chi connectivity index (χ4n) is 6.04. The van der Waals surface area contributed by atoms with Gasteiger partial charge in [0.2, 0.25) is 5.79 Å². The molecule has 6 unspecified atom stereocenters. The van der Waals surface area contributed by atoms with E-state index in [1.165, 1.54) is 23.8 Å². The van der Waals surface area contributed by atoms with E-state index >= 15 is 0 Å². The molecule has 3 aliphatic rings. The summed E-state index contributed by atoms with van der Waals surface area (Å²) in [4.78, 5) is 50.3. The van der Waals surface area contributed by atoms with Crippen molar-refractivity contribution < 1.29 is 29.1 Å². The average molecular weight is 508 g/mol. The molecule has 0 radical (unpaired) electrons. The highest BCUT2D eigenvalue weighted by Gasteiger charge is 2.40. The largest absolute Gasteiger partial charge is 0.275 e. The number of carbonyl (C=O) groups is 2. The molecule has 7 heteroatoms. The van der Waals surface area contributed by atoms with Crippen LogP contribution < -0.4 is 0 Å². The number of imide groups is 1. The number of hydrogen-bond acceptors (Lipinski definition) is 6. The first-order chi connectivity index (χ1) is 16.9. The second-order valence-corrected chi connectivity index (χ2v) is 12.6. The summed E-state index contributed by atoms with van der Waals surface area (Å²) in [5.41, 5.74) is 0.447. The zero-order chi connectivity index (χ0) is 26.6. The third-order valence-electron chi connectivity index (χ3n) is 8.60. The van der Waals surface area contributed by atoms with Gasteiger partial charge >= 0.3 is 0 Å². The first kappa shape index (κ1) is 29.3. The van der Waals surface area contributed by atoms with Crippen molar-refractivity contribution in [3.05, 3.63) is 11.6 Å². The van der Waals surface area contributed by atoms with Gasteiger partial charge in [0.25, 0.3) is 11.8 Å². The molecule has 6 atom stereocenters. The summed E-state index contributed by atoms with van der Waals surface area (Å²) in [6.07, 6.45) is 8.03. The van der Waals surface area contributed by atoms with Gasteiger partial charge in [-0.15, -0.1) is 0 Å². The lowest BCUT2D eigenvalue weighted by Crippen LogP contribution is -2.44.